The third-order valence-electron chi connectivity index (χ3n) is 6.36. The minimum Gasteiger partial charge on any atom is -0.411 e. The highest BCUT2D eigenvalue weighted by molar-refractivity contribution is 5.90. The monoisotopic (exact) mass is 483 g/mol. The van der Waals surface area contributed by atoms with E-state index in [1.54, 1.807) is 0 Å². The van der Waals surface area contributed by atoms with E-state index in [4.69, 9.17) is 9.47 Å². The van der Waals surface area contributed by atoms with Crippen LogP contribution < -0.4 is 11.2 Å². The number of H-pyrrole nitrogens is 1. The van der Waals surface area contributed by atoms with Crippen molar-refractivity contribution in [3.63, 3.8) is 0 Å². The van der Waals surface area contributed by atoms with Gasteiger partial charge in [-0.1, -0.05) is 96.2 Å². The standard InChI is InChI=1S/C28H25N3O5/c32-25-16-17-31(27(33)29-25)26-18-23(30-34)24(36-26)19-35-28(20-10-4-1-5-11-20,21-12-6-2-7-13-21)22-14-8-3-9-15-22/h1-17,24,26,34H,18-19H2,(H,29,32,33)/b30-23-/t24-,26-/m1/s1. The molecular weight excluding hydrogens is 458 g/mol. The zero-order chi connectivity index (χ0) is 25.0. The lowest BCUT2D eigenvalue weighted by Crippen LogP contribution is -2.37. The molecule has 0 spiro atoms. The molecule has 0 unspecified atom stereocenters. The molecule has 0 amide bonds. The summed E-state index contributed by atoms with van der Waals surface area (Å²) < 4.78 is 14.1. The van der Waals surface area contributed by atoms with Crippen molar-refractivity contribution in [3.05, 3.63) is 141 Å². The van der Waals surface area contributed by atoms with Gasteiger partial charge in [-0.15, -0.1) is 0 Å². The Balaban J connectivity index is 1.53. The summed E-state index contributed by atoms with van der Waals surface area (Å²) in [5.74, 6) is 0. The quantitative estimate of drug-likeness (QED) is 0.237. The summed E-state index contributed by atoms with van der Waals surface area (Å²) in [6, 6.07) is 31.0. The van der Waals surface area contributed by atoms with Crippen molar-refractivity contribution in [3.8, 4) is 0 Å². The van der Waals surface area contributed by atoms with E-state index in [9.17, 15) is 14.8 Å². The molecule has 1 aliphatic rings. The lowest BCUT2D eigenvalue weighted by atomic mass is 9.80. The Bertz CT molecular complexity index is 1350. The van der Waals surface area contributed by atoms with Gasteiger partial charge < -0.3 is 14.7 Å². The van der Waals surface area contributed by atoms with Gasteiger partial charge in [-0.3, -0.25) is 14.3 Å². The van der Waals surface area contributed by atoms with Gasteiger partial charge in [-0.25, -0.2) is 4.79 Å². The predicted octanol–water partition coefficient (Wildman–Crippen LogP) is 3.66. The Morgan fingerprint density at radius 2 is 1.42 bits per heavy atom. The van der Waals surface area contributed by atoms with Crippen LogP contribution in [0, 0.1) is 0 Å². The maximum Gasteiger partial charge on any atom is 0.330 e. The SMILES string of the molecule is O=c1ccn([C@H]2C/C(=N/O)[C@@H](COC(c3ccccc3)(c3ccccc3)c3ccccc3)O2)c(=O)[nH]1. The Kier molecular flexibility index (Phi) is 6.62. The van der Waals surface area contributed by atoms with E-state index in [0.29, 0.717) is 5.71 Å². The van der Waals surface area contributed by atoms with Gasteiger partial charge >= 0.3 is 5.69 Å². The van der Waals surface area contributed by atoms with Crippen LogP contribution in [0.5, 0.6) is 0 Å². The summed E-state index contributed by atoms with van der Waals surface area (Å²) in [5, 5.41) is 13.1. The second-order valence-corrected chi connectivity index (χ2v) is 8.48. The van der Waals surface area contributed by atoms with Crippen molar-refractivity contribution < 1.29 is 14.7 Å². The third-order valence-corrected chi connectivity index (χ3v) is 6.36. The summed E-state index contributed by atoms with van der Waals surface area (Å²) in [7, 11) is 0. The van der Waals surface area contributed by atoms with Gasteiger partial charge in [0.1, 0.15) is 17.9 Å². The van der Waals surface area contributed by atoms with Crippen molar-refractivity contribution in [1.29, 1.82) is 0 Å². The number of nitrogens with zero attached hydrogens (tertiary/aromatic N) is 2. The largest absolute Gasteiger partial charge is 0.411 e. The number of oxime groups is 1. The summed E-state index contributed by atoms with van der Waals surface area (Å²) in [4.78, 5) is 26.0. The van der Waals surface area contributed by atoms with Crippen LogP contribution in [0.4, 0.5) is 0 Å². The number of hydrogen-bond donors (Lipinski definition) is 2. The normalized spacial score (nSPS) is 18.9. The Hall–Kier alpha value is -4.27. The molecule has 5 rings (SSSR count). The van der Waals surface area contributed by atoms with Crippen LogP contribution in [-0.2, 0) is 15.1 Å². The van der Waals surface area contributed by atoms with Crippen LogP contribution in [0.15, 0.2) is 118 Å². The highest BCUT2D eigenvalue weighted by Gasteiger charge is 2.41. The summed E-state index contributed by atoms with van der Waals surface area (Å²) in [6.07, 6.45) is 0.0837. The first kappa shape index (κ1) is 23.5. The Morgan fingerprint density at radius 1 is 0.889 bits per heavy atom. The van der Waals surface area contributed by atoms with Crippen LogP contribution >= 0.6 is 0 Å². The number of benzene rings is 3. The molecule has 3 aromatic carbocycles. The highest BCUT2D eigenvalue weighted by Crippen LogP contribution is 2.41. The van der Waals surface area contributed by atoms with Crippen molar-refractivity contribution >= 4 is 5.71 Å². The van der Waals surface area contributed by atoms with E-state index >= 15 is 0 Å². The van der Waals surface area contributed by atoms with E-state index < -0.39 is 29.2 Å². The molecule has 1 aromatic heterocycles. The predicted molar refractivity (Wildman–Crippen MR) is 134 cm³/mol. The van der Waals surface area contributed by atoms with E-state index in [0.717, 1.165) is 16.7 Å². The zero-order valence-corrected chi connectivity index (χ0v) is 19.4. The molecule has 4 aromatic rings. The maximum absolute atomic E-state index is 12.3. The van der Waals surface area contributed by atoms with Crippen LogP contribution in [0.1, 0.15) is 29.3 Å². The van der Waals surface area contributed by atoms with E-state index in [1.807, 2.05) is 91.0 Å². The first-order valence-electron chi connectivity index (χ1n) is 11.6. The average molecular weight is 484 g/mol. The Morgan fingerprint density at radius 3 is 1.89 bits per heavy atom. The lowest BCUT2D eigenvalue weighted by molar-refractivity contribution is -0.0676. The first-order chi connectivity index (χ1) is 17.6. The molecule has 0 radical (unpaired) electrons. The maximum atomic E-state index is 12.3. The molecule has 0 saturated carbocycles. The molecule has 2 heterocycles. The smallest absolute Gasteiger partial charge is 0.330 e. The molecule has 0 bridgehead atoms. The van der Waals surface area contributed by atoms with E-state index in [-0.39, 0.29) is 13.0 Å². The number of hydrogen-bond acceptors (Lipinski definition) is 6. The van der Waals surface area contributed by atoms with Crippen molar-refractivity contribution in [2.45, 2.75) is 24.4 Å². The molecule has 182 valence electrons. The molecule has 1 aliphatic heterocycles. The molecule has 1 saturated heterocycles. The fourth-order valence-corrected chi connectivity index (χ4v) is 4.65. The molecule has 8 heteroatoms. The third kappa shape index (κ3) is 4.39. The van der Waals surface area contributed by atoms with Crippen LogP contribution in [-0.4, -0.2) is 33.2 Å². The number of ether oxygens (including phenoxy) is 2. The van der Waals surface area contributed by atoms with E-state index in [2.05, 4.69) is 10.1 Å². The number of aromatic amines is 1. The van der Waals surface area contributed by atoms with Crippen molar-refractivity contribution in [2.24, 2.45) is 5.16 Å². The summed E-state index contributed by atoms with van der Waals surface area (Å²) in [5.41, 5.74) is 1.06. The lowest BCUT2D eigenvalue weighted by Gasteiger charge is -2.36. The van der Waals surface area contributed by atoms with Gasteiger partial charge in [-0.2, -0.15) is 0 Å². The number of nitrogens with one attached hydrogen (secondary N) is 1. The number of aromatic nitrogens is 2. The van der Waals surface area contributed by atoms with Gasteiger partial charge in [0.05, 0.1) is 12.3 Å². The summed E-state index contributed by atoms with van der Waals surface area (Å²) in [6.45, 7) is 0.0483. The van der Waals surface area contributed by atoms with Crippen LogP contribution in [0.2, 0.25) is 0 Å². The summed E-state index contributed by atoms with van der Waals surface area (Å²) >= 11 is 0. The number of rotatable bonds is 7. The second kappa shape index (κ2) is 10.2. The molecule has 2 atom stereocenters. The van der Waals surface area contributed by atoms with Gasteiger partial charge in [0, 0.05) is 18.7 Å². The Labute approximate surface area is 207 Å². The van der Waals surface area contributed by atoms with E-state index in [1.165, 1.54) is 16.8 Å². The molecule has 1 fully saturated rings. The topological polar surface area (TPSA) is 106 Å². The molecule has 8 nitrogen and oxygen atoms in total. The van der Waals surface area contributed by atoms with Crippen LogP contribution in [0.25, 0.3) is 0 Å². The minimum absolute atomic E-state index is 0.0483. The highest BCUT2D eigenvalue weighted by atomic mass is 16.6. The van der Waals surface area contributed by atoms with Crippen LogP contribution in [0.3, 0.4) is 0 Å². The molecular formula is C28H25N3O5. The molecule has 2 N–H and O–H groups in total. The molecule has 36 heavy (non-hydrogen) atoms. The average Bonchev–Trinajstić information content (AvgIpc) is 3.34. The minimum atomic E-state index is -0.972. The molecule has 0 aliphatic carbocycles. The second-order valence-electron chi connectivity index (χ2n) is 8.48. The fraction of sp³-hybridized carbons (Fsp3) is 0.179. The fourth-order valence-electron chi connectivity index (χ4n) is 4.65. The van der Waals surface area contributed by atoms with Gasteiger partial charge in [0.2, 0.25) is 0 Å². The zero-order valence-electron chi connectivity index (χ0n) is 19.4. The van der Waals surface area contributed by atoms with Crippen molar-refractivity contribution in [2.75, 3.05) is 6.61 Å². The van der Waals surface area contributed by atoms with Gasteiger partial charge in [-0.05, 0) is 16.7 Å². The van der Waals surface area contributed by atoms with Gasteiger partial charge in [0.25, 0.3) is 5.56 Å². The van der Waals surface area contributed by atoms with Crippen molar-refractivity contribution in [1.82, 2.24) is 9.55 Å². The first-order valence-corrected chi connectivity index (χ1v) is 11.6. The van der Waals surface area contributed by atoms with Gasteiger partial charge in [0.15, 0.2) is 0 Å².